The predicted octanol–water partition coefficient (Wildman–Crippen LogP) is 8.26. The molecule has 21 heteroatoms. The van der Waals surface area contributed by atoms with Gasteiger partial charge in [0.1, 0.15) is 59.4 Å². The van der Waals surface area contributed by atoms with E-state index in [1.807, 2.05) is 62.4 Å². The Kier molecular flexibility index (Phi) is 15.4. The number of aliphatic hydroxyl groups is 1. The summed E-state index contributed by atoms with van der Waals surface area (Å²) in [4.78, 5) is 53.0. The van der Waals surface area contributed by atoms with Crippen molar-refractivity contribution in [1.82, 2.24) is 45.5 Å². The van der Waals surface area contributed by atoms with Crippen LogP contribution in [0, 0.1) is 42.7 Å². The first-order valence-electron chi connectivity index (χ1n) is 27.2. The molecule has 4 aliphatic rings. The van der Waals surface area contributed by atoms with Gasteiger partial charge in [0.2, 0.25) is 11.8 Å². The van der Waals surface area contributed by atoms with Crippen molar-refractivity contribution in [2.24, 2.45) is 11.8 Å². The predicted molar refractivity (Wildman–Crippen MR) is 296 cm³/mol. The summed E-state index contributed by atoms with van der Waals surface area (Å²) in [5.41, 5.74) is 2.74. The van der Waals surface area contributed by atoms with Gasteiger partial charge < -0.3 is 44.6 Å². The number of fused-ring (bicyclic) bond motifs is 4. The average molecular weight is 1110 g/mol. The molecule has 4 N–H and O–H groups in total. The molecule has 4 saturated heterocycles. The number of alkyl halides is 1. The molecule has 4 aliphatic heterocycles. The maximum Gasteiger partial charge on any atom is 0.319 e. The number of anilines is 1. The van der Waals surface area contributed by atoms with E-state index < -0.39 is 41.3 Å². The number of likely N-dealkylation sites (tertiary alicyclic amines) is 2. The van der Waals surface area contributed by atoms with E-state index in [0.29, 0.717) is 55.2 Å². The van der Waals surface area contributed by atoms with Crippen LogP contribution in [-0.4, -0.2) is 140 Å². The van der Waals surface area contributed by atoms with Gasteiger partial charge in [0.15, 0.2) is 11.6 Å². The fraction of sp³-hybridized carbons (Fsp3) is 0.441. The zero-order chi connectivity index (χ0) is 56.0. The summed E-state index contributed by atoms with van der Waals surface area (Å²) in [5.74, 6) is -0.0518. The molecule has 0 aliphatic carbocycles. The number of carbonyl (C=O) groups excluding carboxylic acids is 2. The molecule has 2 amide bonds. The number of nitrogens with one attached hydrogen (secondary N) is 2. The van der Waals surface area contributed by atoms with Gasteiger partial charge in [0, 0.05) is 74.9 Å². The number of phenols is 1. The number of carbonyl (C=O) groups is 2. The van der Waals surface area contributed by atoms with Crippen LogP contribution in [0.5, 0.6) is 17.6 Å². The molecule has 6 atom stereocenters. The number of thiazole rings is 1. The Balaban J connectivity index is 0.719. The van der Waals surface area contributed by atoms with E-state index in [1.165, 1.54) is 41.4 Å². The molecule has 8 heterocycles. The second-order valence-corrected chi connectivity index (χ2v) is 22.9. The normalized spacial score (nSPS) is 20.9. The molecule has 0 spiro atoms. The molecule has 2 unspecified atom stereocenters. The minimum Gasteiger partial charge on any atom is -0.508 e. The number of aliphatic hydroxyl groups excluding tert-OH is 1. The van der Waals surface area contributed by atoms with Gasteiger partial charge in [-0.25, -0.2) is 18.2 Å². The van der Waals surface area contributed by atoms with Crippen molar-refractivity contribution in [3.05, 3.63) is 101 Å². The first kappa shape index (κ1) is 54.6. The molecule has 11 rings (SSSR count). The molecule has 3 aromatic carbocycles. The smallest absolute Gasteiger partial charge is 0.319 e. The molecule has 4 aromatic heterocycles. The Bertz CT molecular complexity index is 3490. The van der Waals surface area contributed by atoms with Crippen molar-refractivity contribution >= 4 is 50.6 Å². The van der Waals surface area contributed by atoms with E-state index in [4.69, 9.17) is 25.4 Å². The van der Waals surface area contributed by atoms with Crippen LogP contribution in [0.25, 0.3) is 43.4 Å². The highest BCUT2D eigenvalue weighted by molar-refractivity contribution is 7.13. The Morgan fingerprint density at radius 1 is 1.02 bits per heavy atom. The maximum absolute atomic E-state index is 17.1. The third-order valence-electron chi connectivity index (χ3n) is 16.2. The van der Waals surface area contributed by atoms with Crippen molar-refractivity contribution in [3.63, 3.8) is 0 Å². The molecular formula is C59H63F3N10O7S. The number of piperidine rings is 1. The molecule has 2 bridgehead atoms. The average Bonchev–Trinajstić information content (AvgIpc) is 4.30. The van der Waals surface area contributed by atoms with Crippen LogP contribution in [0.15, 0.2) is 70.8 Å². The van der Waals surface area contributed by atoms with E-state index in [1.54, 1.807) is 11.3 Å². The number of nitrogens with zero attached hydrogens (tertiary/aromatic N) is 8. The van der Waals surface area contributed by atoms with E-state index >= 15 is 13.2 Å². The van der Waals surface area contributed by atoms with E-state index in [-0.39, 0.29) is 114 Å². The van der Waals surface area contributed by atoms with Gasteiger partial charge in [0.05, 0.1) is 39.2 Å². The molecule has 80 heavy (non-hydrogen) atoms. The second-order valence-electron chi connectivity index (χ2n) is 22.0. The number of hydrogen-bond acceptors (Lipinski definition) is 16. The largest absolute Gasteiger partial charge is 0.508 e. The van der Waals surface area contributed by atoms with Crippen LogP contribution < -0.4 is 25.0 Å². The topological polar surface area (TPSA) is 204 Å². The number of aromatic nitrogens is 5. The highest BCUT2D eigenvalue weighted by atomic mass is 32.1. The van der Waals surface area contributed by atoms with Crippen LogP contribution >= 0.6 is 11.3 Å². The fourth-order valence-corrected chi connectivity index (χ4v) is 12.6. The van der Waals surface area contributed by atoms with E-state index in [0.717, 1.165) is 41.1 Å². The monoisotopic (exact) mass is 1110 g/mol. The van der Waals surface area contributed by atoms with Gasteiger partial charge in [0.25, 0.3) is 5.88 Å². The standard InChI is InChI=1S/C59H63F3N10O7S/c1-6-42-45(60)12-11-38-22-40(73)23-43(50(38)42)52-51(61)53-44(27-64-52)55(71-16-13-35-21-39(28-71)63-26-35)68-58(67-53)77-20-19-70-17-14-59(62,15-18-70)30-78-48-25-47(79-69-48)49(32(2)3)57(76)72-29-41(74)24-46(72)56(75)66-33(4)36-7-9-37(10-8-36)54-34(5)65-31-80-54/h1,7-12,22-23,25,27,31-33,35,39,41,46,49,63,73-74H,13-21,24,26,28-30H2,2-5H3,(H,66,75)/t33-,35?,39?,41+,46-,49+/m0/s1. The second kappa shape index (κ2) is 22.6. The minimum absolute atomic E-state index is 0.0203. The summed E-state index contributed by atoms with van der Waals surface area (Å²) < 4.78 is 66.4. The fourth-order valence-electron chi connectivity index (χ4n) is 11.8. The van der Waals surface area contributed by atoms with Crippen LogP contribution in [0.1, 0.15) is 87.4 Å². The van der Waals surface area contributed by atoms with Gasteiger partial charge in [-0.2, -0.15) is 9.97 Å². The summed E-state index contributed by atoms with van der Waals surface area (Å²) >= 11 is 1.56. The number of pyridine rings is 1. The lowest BCUT2D eigenvalue weighted by molar-refractivity contribution is -0.141. The summed E-state index contributed by atoms with van der Waals surface area (Å²) in [6.45, 7) is 10.7. The van der Waals surface area contributed by atoms with Crippen molar-refractivity contribution < 1.29 is 47.0 Å². The lowest BCUT2D eigenvalue weighted by Crippen LogP contribution is -2.48. The first-order chi connectivity index (χ1) is 38.5. The Morgan fingerprint density at radius 3 is 2.58 bits per heavy atom. The first-order valence-corrected chi connectivity index (χ1v) is 28.1. The third kappa shape index (κ3) is 11.1. The van der Waals surface area contributed by atoms with Gasteiger partial charge in [-0.3, -0.25) is 19.5 Å². The van der Waals surface area contributed by atoms with E-state index in [2.05, 4.69) is 41.6 Å². The van der Waals surface area contributed by atoms with Gasteiger partial charge in [-0.15, -0.1) is 17.8 Å². The molecular weight excluding hydrogens is 1050 g/mol. The Labute approximate surface area is 464 Å². The zero-order valence-electron chi connectivity index (χ0n) is 44.9. The summed E-state index contributed by atoms with van der Waals surface area (Å²) in [7, 11) is 0. The Morgan fingerprint density at radius 2 is 1.82 bits per heavy atom. The summed E-state index contributed by atoms with van der Waals surface area (Å²) in [6, 6.07) is 13.7. The number of phenolic OH excluding ortho intramolecular Hbond substituents is 1. The summed E-state index contributed by atoms with van der Waals surface area (Å²) in [6.07, 6.45) is 8.62. The molecule has 7 aromatic rings. The highest BCUT2D eigenvalue weighted by Crippen LogP contribution is 2.40. The third-order valence-corrected chi connectivity index (χ3v) is 17.2. The molecule has 0 radical (unpaired) electrons. The minimum atomic E-state index is -1.70. The van der Waals surface area contributed by atoms with Crippen molar-refractivity contribution in [2.45, 2.75) is 95.6 Å². The number of benzene rings is 3. The Hall–Kier alpha value is -7.38. The molecule has 418 valence electrons. The van der Waals surface area contributed by atoms with Crippen LogP contribution in [0.2, 0.25) is 0 Å². The van der Waals surface area contributed by atoms with Gasteiger partial charge in [-0.1, -0.05) is 50.1 Å². The van der Waals surface area contributed by atoms with Gasteiger partial charge in [-0.05, 0) is 97.8 Å². The number of aromatic hydroxyl groups is 1. The lowest BCUT2D eigenvalue weighted by Gasteiger charge is -2.35. The highest BCUT2D eigenvalue weighted by Gasteiger charge is 2.44. The number of amides is 2. The number of halogens is 3. The number of ether oxygens (including phenoxy) is 2. The SMILES string of the molecule is C#Cc1c(F)ccc2cc(O)cc(-c3ncc4c(N5CCC6CNC(C6)C5)nc(OCCN5CCC(F)(COc6cc([C@H](C(=O)N7C[C@H](O)C[C@H]7C(=O)N[C@@H](C)c7ccc(-c8scnc8C)cc7)C(C)C)on6)CC5)nc4c3F)c12. The van der Waals surface area contributed by atoms with Gasteiger partial charge >= 0.3 is 6.01 Å². The lowest BCUT2D eigenvalue weighted by atomic mass is 9.91. The van der Waals surface area contributed by atoms with Crippen LogP contribution in [0.3, 0.4) is 0 Å². The number of rotatable bonds is 16. The molecule has 0 saturated carbocycles. The maximum atomic E-state index is 17.1. The quantitative estimate of drug-likeness (QED) is 0.0673. The van der Waals surface area contributed by atoms with Crippen molar-refractivity contribution in [1.29, 1.82) is 0 Å². The van der Waals surface area contributed by atoms with Crippen molar-refractivity contribution in [3.8, 4) is 51.7 Å². The van der Waals surface area contributed by atoms with Crippen molar-refractivity contribution in [2.75, 3.05) is 63.9 Å². The number of terminal acetylenes is 1. The number of β-amino-alcohol motifs (C(OH)–C–C–N with tert-alkyl or cyclic N) is 1. The van der Waals surface area contributed by atoms with Crippen LogP contribution in [0.4, 0.5) is 19.0 Å². The zero-order valence-corrected chi connectivity index (χ0v) is 45.7. The number of aryl methyl sites for hydroxylation is 1. The molecule has 17 nitrogen and oxygen atoms in total. The van der Waals surface area contributed by atoms with E-state index in [9.17, 15) is 19.8 Å². The molecule has 4 fully saturated rings. The van der Waals surface area contributed by atoms with Crippen LogP contribution in [-0.2, 0) is 9.59 Å². The summed E-state index contributed by atoms with van der Waals surface area (Å²) in [5, 5.41) is 33.1. The number of hydrogen-bond donors (Lipinski definition) is 4.